The zero-order valence-electron chi connectivity index (χ0n) is 9.43. The van der Waals surface area contributed by atoms with E-state index in [0.29, 0.717) is 0 Å². The van der Waals surface area contributed by atoms with Crippen LogP contribution in [0.15, 0.2) is 42.6 Å². The minimum atomic E-state index is -0.567. The van der Waals surface area contributed by atoms with Gasteiger partial charge in [0.25, 0.3) is 0 Å². The van der Waals surface area contributed by atoms with Crippen molar-refractivity contribution in [2.45, 2.75) is 6.04 Å². The quantitative estimate of drug-likeness (QED) is 0.883. The molecule has 2 N–H and O–H groups in total. The van der Waals surface area contributed by atoms with Gasteiger partial charge in [0, 0.05) is 6.20 Å². The van der Waals surface area contributed by atoms with Crippen molar-refractivity contribution in [3.8, 4) is 5.75 Å². The number of hydrogen-bond acceptors (Lipinski definition) is 3. The summed E-state index contributed by atoms with van der Waals surface area (Å²) in [5.74, 6) is 0.346. The molecule has 1 aromatic heterocycles. The number of pyridine rings is 1. The maximum absolute atomic E-state index is 13.5. The number of nitrogens with zero attached hydrogens (tertiary/aromatic N) is 1. The Balaban J connectivity index is 2.30. The summed E-state index contributed by atoms with van der Waals surface area (Å²) < 4.78 is 18.6. The van der Waals surface area contributed by atoms with Gasteiger partial charge in [-0.25, -0.2) is 4.39 Å². The predicted octanol–water partition coefficient (Wildman–Crippen LogP) is 2.28. The summed E-state index contributed by atoms with van der Waals surface area (Å²) in [5.41, 5.74) is 7.01. The Morgan fingerprint density at radius 3 is 2.53 bits per heavy atom. The molecule has 0 aliphatic heterocycles. The maximum atomic E-state index is 13.5. The number of aromatic nitrogens is 1. The van der Waals surface area contributed by atoms with Crippen LogP contribution in [-0.2, 0) is 0 Å². The third-order valence-electron chi connectivity index (χ3n) is 2.56. The fourth-order valence-corrected chi connectivity index (χ4v) is 1.60. The molecule has 0 saturated carbocycles. The van der Waals surface area contributed by atoms with E-state index in [1.165, 1.54) is 12.3 Å². The molecule has 1 aromatic carbocycles. The van der Waals surface area contributed by atoms with Gasteiger partial charge >= 0.3 is 0 Å². The lowest BCUT2D eigenvalue weighted by molar-refractivity contribution is 0.414. The minimum absolute atomic E-state index is 0.248. The average molecular weight is 232 g/mol. The summed E-state index contributed by atoms with van der Waals surface area (Å²) in [6, 6.07) is 9.51. The van der Waals surface area contributed by atoms with E-state index in [0.717, 1.165) is 11.3 Å². The van der Waals surface area contributed by atoms with Crippen LogP contribution < -0.4 is 10.5 Å². The molecule has 2 aromatic rings. The average Bonchev–Trinajstić information content (AvgIpc) is 2.39. The second-order valence-corrected chi connectivity index (χ2v) is 3.62. The van der Waals surface area contributed by atoms with E-state index < -0.39 is 11.9 Å². The van der Waals surface area contributed by atoms with E-state index in [9.17, 15) is 4.39 Å². The summed E-state index contributed by atoms with van der Waals surface area (Å²) in [6.45, 7) is 0. The number of nitrogens with two attached hydrogens (primary N) is 1. The lowest BCUT2D eigenvalue weighted by atomic mass is 10.0. The van der Waals surface area contributed by atoms with Gasteiger partial charge in [0.2, 0.25) is 0 Å². The van der Waals surface area contributed by atoms with E-state index in [1.807, 2.05) is 0 Å². The molecule has 0 bridgehead atoms. The Labute approximate surface area is 99.1 Å². The Bertz CT molecular complexity index is 499. The summed E-state index contributed by atoms with van der Waals surface area (Å²) in [7, 11) is 1.59. The molecule has 1 heterocycles. The molecule has 0 fully saturated rings. The molecule has 1 atom stereocenters. The number of rotatable bonds is 3. The Hall–Kier alpha value is -1.94. The molecule has 4 heteroatoms. The van der Waals surface area contributed by atoms with Gasteiger partial charge < -0.3 is 10.5 Å². The van der Waals surface area contributed by atoms with E-state index in [-0.39, 0.29) is 5.69 Å². The van der Waals surface area contributed by atoms with Gasteiger partial charge in [0.05, 0.1) is 18.8 Å². The van der Waals surface area contributed by atoms with Gasteiger partial charge in [-0.3, -0.25) is 4.98 Å². The van der Waals surface area contributed by atoms with Crippen molar-refractivity contribution in [3.63, 3.8) is 0 Å². The summed E-state index contributed by atoms with van der Waals surface area (Å²) in [4.78, 5) is 3.97. The first kappa shape index (κ1) is 11.5. The molecule has 0 saturated heterocycles. The Morgan fingerprint density at radius 2 is 1.94 bits per heavy atom. The second kappa shape index (κ2) is 4.93. The topological polar surface area (TPSA) is 48.1 Å². The van der Waals surface area contributed by atoms with Crippen molar-refractivity contribution in [2.75, 3.05) is 7.11 Å². The molecule has 17 heavy (non-hydrogen) atoms. The summed E-state index contributed by atoms with van der Waals surface area (Å²) in [5, 5.41) is 0. The van der Waals surface area contributed by atoms with E-state index >= 15 is 0 Å². The van der Waals surface area contributed by atoms with Gasteiger partial charge in [0.15, 0.2) is 0 Å². The third-order valence-corrected chi connectivity index (χ3v) is 2.56. The molecule has 2 rings (SSSR count). The molecule has 0 spiro atoms. The smallest absolute Gasteiger partial charge is 0.146 e. The highest BCUT2D eigenvalue weighted by molar-refractivity contribution is 5.33. The number of benzene rings is 1. The molecule has 0 radical (unpaired) electrons. The van der Waals surface area contributed by atoms with Crippen LogP contribution in [-0.4, -0.2) is 12.1 Å². The molecule has 0 aliphatic carbocycles. The standard InChI is InChI=1S/C13H13FN2O/c1-17-10-6-4-9(5-7-10)12(15)13-11(14)3-2-8-16-13/h2-8,12H,15H2,1H3/t12-/m0/s1. The van der Waals surface area contributed by atoms with Gasteiger partial charge in [0.1, 0.15) is 11.6 Å². The first-order chi connectivity index (χ1) is 8.22. The number of hydrogen-bond donors (Lipinski definition) is 1. The van der Waals surface area contributed by atoms with Crippen LogP contribution >= 0.6 is 0 Å². The summed E-state index contributed by atoms with van der Waals surface area (Å²) in [6.07, 6.45) is 1.53. The SMILES string of the molecule is COc1ccc([C@H](N)c2ncccc2F)cc1. The van der Waals surface area contributed by atoms with Crippen molar-refractivity contribution in [1.29, 1.82) is 0 Å². The summed E-state index contributed by atoms with van der Waals surface area (Å²) >= 11 is 0. The van der Waals surface area contributed by atoms with Crippen LogP contribution in [0.2, 0.25) is 0 Å². The molecular weight excluding hydrogens is 219 g/mol. The van der Waals surface area contributed by atoms with E-state index in [2.05, 4.69) is 4.98 Å². The molecule has 3 nitrogen and oxygen atoms in total. The van der Waals surface area contributed by atoms with Crippen molar-refractivity contribution < 1.29 is 9.13 Å². The van der Waals surface area contributed by atoms with E-state index in [4.69, 9.17) is 10.5 Å². The van der Waals surface area contributed by atoms with Crippen molar-refractivity contribution in [2.24, 2.45) is 5.73 Å². The van der Waals surface area contributed by atoms with Crippen molar-refractivity contribution in [3.05, 3.63) is 59.7 Å². The monoisotopic (exact) mass is 232 g/mol. The highest BCUT2D eigenvalue weighted by Crippen LogP contribution is 2.22. The predicted molar refractivity (Wildman–Crippen MR) is 63.2 cm³/mol. The van der Waals surface area contributed by atoms with Crippen LogP contribution in [0.25, 0.3) is 0 Å². The van der Waals surface area contributed by atoms with Crippen LogP contribution in [0.3, 0.4) is 0 Å². The number of methoxy groups -OCH3 is 1. The highest BCUT2D eigenvalue weighted by Gasteiger charge is 2.14. The van der Waals surface area contributed by atoms with E-state index in [1.54, 1.807) is 37.4 Å². The van der Waals surface area contributed by atoms with Gasteiger partial charge in [-0.05, 0) is 29.8 Å². The van der Waals surface area contributed by atoms with Crippen LogP contribution in [0.5, 0.6) is 5.75 Å². The van der Waals surface area contributed by atoms with Crippen molar-refractivity contribution >= 4 is 0 Å². The zero-order chi connectivity index (χ0) is 12.3. The van der Waals surface area contributed by atoms with Crippen LogP contribution in [0.1, 0.15) is 17.3 Å². The van der Waals surface area contributed by atoms with Crippen LogP contribution in [0.4, 0.5) is 4.39 Å². The molecule has 0 amide bonds. The lowest BCUT2D eigenvalue weighted by Gasteiger charge is -2.12. The Morgan fingerprint density at radius 1 is 1.24 bits per heavy atom. The largest absolute Gasteiger partial charge is 0.497 e. The third kappa shape index (κ3) is 2.42. The normalized spacial score (nSPS) is 12.2. The maximum Gasteiger partial charge on any atom is 0.146 e. The number of ether oxygens (including phenoxy) is 1. The highest BCUT2D eigenvalue weighted by atomic mass is 19.1. The second-order valence-electron chi connectivity index (χ2n) is 3.62. The van der Waals surface area contributed by atoms with Crippen molar-refractivity contribution in [1.82, 2.24) is 4.98 Å². The minimum Gasteiger partial charge on any atom is -0.497 e. The number of halogens is 1. The fraction of sp³-hybridized carbons (Fsp3) is 0.154. The lowest BCUT2D eigenvalue weighted by Crippen LogP contribution is -2.15. The molecule has 0 unspecified atom stereocenters. The van der Waals surface area contributed by atoms with Gasteiger partial charge in [-0.15, -0.1) is 0 Å². The molecular formula is C13H13FN2O. The fourth-order valence-electron chi connectivity index (χ4n) is 1.60. The Kier molecular flexibility index (Phi) is 3.35. The van der Waals surface area contributed by atoms with Crippen LogP contribution in [0, 0.1) is 5.82 Å². The molecule has 88 valence electrons. The molecule has 0 aliphatic rings. The first-order valence-corrected chi connectivity index (χ1v) is 5.22. The zero-order valence-corrected chi connectivity index (χ0v) is 9.43. The van der Waals surface area contributed by atoms with Gasteiger partial charge in [-0.1, -0.05) is 12.1 Å². The van der Waals surface area contributed by atoms with Gasteiger partial charge in [-0.2, -0.15) is 0 Å². The first-order valence-electron chi connectivity index (χ1n) is 5.22.